The number of carbonyl (C=O) groups is 2. The van der Waals surface area contributed by atoms with Crippen molar-refractivity contribution in [2.24, 2.45) is 11.8 Å². The first kappa shape index (κ1) is 20.9. The van der Waals surface area contributed by atoms with E-state index in [0.29, 0.717) is 34.2 Å². The Balaban J connectivity index is 1.46. The quantitative estimate of drug-likeness (QED) is 0.452. The zero-order valence-corrected chi connectivity index (χ0v) is 17.3. The maximum Gasteiger partial charge on any atom is 0.291 e. The number of amides is 2. The van der Waals surface area contributed by atoms with Crippen molar-refractivity contribution in [3.8, 4) is 0 Å². The Morgan fingerprint density at radius 2 is 1.79 bits per heavy atom. The third-order valence-corrected chi connectivity index (χ3v) is 5.68. The van der Waals surface area contributed by atoms with Gasteiger partial charge in [0.2, 0.25) is 0 Å². The van der Waals surface area contributed by atoms with Gasteiger partial charge in [-0.25, -0.2) is 0 Å². The molecule has 0 aliphatic heterocycles. The van der Waals surface area contributed by atoms with Gasteiger partial charge >= 0.3 is 0 Å². The second-order valence-corrected chi connectivity index (χ2v) is 7.84. The van der Waals surface area contributed by atoms with Gasteiger partial charge in [-0.05, 0) is 66.9 Å². The lowest BCUT2D eigenvalue weighted by atomic mass is 9.78. The summed E-state index contributed by atoms with van der Waals surface area (Å²) in [5.41, 5.74) is 6.37. The molecule has 2 aromatic rings. The summed E-state index contributed by atoms with van der Waals surface area (Å²) in [6, 6.07) is 10.1. The van der Waals surface area contributed by atoms with Crippen molar-refractivity contribution < 1.29 is 14.0 Å². The third-order valence-electron chi connectivity index (χ3n) is 5.46. The molecule has 3 atom stereocenters. The Morgan fingerprint density at radius 3 is 2.48 bits per heavy atom. The van der Waals surface area contributed by atoms with Crippen molar-refractivity contribution in [2.45, 2.75) is 39.2 Å². The fourth-order valence-electron chi connectivity index (χ4n) is 3.48. The molecule has 0 unspecified atom stereocenters. The molecule has 1 aliphatic carbocycles. The summed E-state index contributed by atoms with van der Waals surface area (Å²) in [5, 5.41) is 6.41. The van der Waals surface area contributed by atoms with Crippen LogP contribution < -0.4 is 21.5 Å². The van der Waals surface area contributed by atoms with E-state index < -0.39 is 0 Å². The summed E-state index contributed by atoms with van der Waals surface area (Å²) >= 11 is 5.31. The minimum Gasteiger partial charge on any atom is -0.459 e. The van der Waals surface area contributed by atoms with Gasteiger partial charge in [0.05, 0.1) is 6.26 Å². The highest BCUT2D eigenvalue weighted by Crippen LogP contribution is 2.29. The number of benzene rings is 1. The lowest BCUT2D eigenvalue weighted by Gasteiger charge is -2.35. The largest absolute Gasteiger partial charge is 0.459 e. The van der Waals surface area contributed by atoms with Gasteiger partial charge in [0.15, 0.2) is 10.9 Å². The highest BCUT2D eigenvalue weighted by molar-refractivity contribution is 7.80. The molecule has 1 saturated carbocycles. The lowest BCUT2D eigenvalue weighted by molar-refractivity contribution is 0.0942. The molecule has 154 valence electrons. The van der Waals surface area contributed by atoms with E-state index in [2.05, 4.69) is 35.3 Å². The van der Waals surface area contributed by atoms with E-state index in [-0.39, 0.29) is 17.6 Å². The average Bonchev–Trinajstić information content (AvgIpc) is 3.25. The molecule has 0 spiro atoms. The molecule has 1 aliphatic rings. The first-order valence-electron chi connectivity index (χ1n) is 9.76. The Bertz CT molecular complexity index is 851. The number of nitrogens with one attached hydrogen (secondary N) is 4. The topological polar surface area (TPSA) is 95.4 Å². The molecule has 8 heteroatoms. The molecule has 1 heterocycles. The van der Waals surface area contributed by atoms with Gasteiger partial charge in [0, 0.05) is 17.3 Å². The summed E-state index contributed by atoms with van der Waals surface area (Å²) in [5.74, 6) is 0.743. The molecular formula is C21H26N4O3S. The van der Waals surface area contributed by atoms with Gasteiger partial charge in [-0.15, -0.1) is 0 Å². The Morgan fingerprint density at radius 1 is 1.03 bits per heavy atom. The van der Waals surface area contributed by atoms with Gasteiger partial charge < -0.3 is 15.1 Å². The van der Waals surface area contributed by atoms with Crippen LogP contribution in [0.5, 0.6) is 0 Å². The minimum atomic E-state index is -0.350. The van der Waals surface area contributed by atoms with Crippen LogP contribution in [0.4, 0.5) is 5.69 Å². The van der Waals surface area contributed by atoms with Crippen LogP contribution in [0.3, 0.4) is 0 Å². The molecule has 1 fully saturated rings. The summed E-state index contributed by atoms with van der Waals surface area (Å²) in [6.45, 7) is 4.49. The van der Waals surface area contributed by atoms with Crippen LogP contribution in [-0.2, 0) is 0 Å². The van der Waals surface area contributed by atoms with E-state index >= 15 is 0 Å². The van der Waals surface area contributed by atoms with Crippen LogP contribution in [0.2, 0.25) is 0 Å². The lowest BCUT2D eigenvalue weighted by Crippen LogP contribution is -2.52. The zero-order chi connectivity index (χ0) is 20.8. The molecule has 1 aromatic carbocycles. The van der Waals surface area contributed by atoms with Gasteiger partial charge in [0.25, 0.3) is 11.8 Å². The number of hydrogen-bond acceptors (Lipinski definition) is 4. The van der Waals surface area contributed by atoms with Gasteiger partial charge in [-0.2, -0.15) is 0 Å². The Hall–Kier alpha value is -2.87. The van der Waals surface area contributed by atoms with Crippen molar-refractivity contribution in [1.29, 1.82) is 0 Å². The Kier molecular flexibility index (Phi) is 6.87. The number of carbonyl (C=O) groups excluding carboxylic acids is 2. The standard InChI is InChI=1S/C21H26N4O3S/c1-13-5-3-6-17(14(13)2)23-21(29)25-24-19(26)15-8-10-16(11-9-15)22-20(27)18-7-4-12-28-18/h4,7-14,17H,3,5-6H2,1-2H3,(H,22,27)(H,24,26)(H2,23,25,29)/t13-,14-,17+/m1/s1. The number of hydrogen-bond donors (Lipinski definition) is 4. The van der Waals surface area contributed by atoms with E-state index in [0.717, 1.165) is 6.42 Å². The Labute approximate surface area is 175 Å². The average molecular weight is 415 g/mol. The van der Waals surface area contributed by atoms with Gasteiger partial charge in [0.1, 0.15) is 0 Å². The predicted octanol–water partition coefficient (Wildman–Crippen LogP) is 3.47. The molecule has 29 heavy (non-hydrogen) atoms. The van der Waals surface area contributed by atoms with Crippen molar-refractivity contribution in [3.63, 3.8) is 0 Å². The number of rotatable bonds is 4. The number of anilines is 1. The van der Waals surface area contributed by atoms with E-state index in [4.69, 9.17) is 16.6 Å². The highest BCUT2D eigenvalue weighted by atomic mass is 32.1. The van der Waals surface area contributed by atoms with Gasteiger partial charge in [-0.1, -0.05) is 26.7 Å². The van der Waals surface area contributed by atoms with E-state index in [1.165, 1.54) is 19.1 Å². The molecule has 2 amide bonds. The van der Waals surface area contributed by atoms with Crippen LogP contribution >= 0.6 is 12.2 Å². The molecule has 7 nitrogen and oxygen atoms in total. The molecule has 0 radical (unpaired) electrons. The maximum absolute atomic E-state index is 12.3. The first-order chi connectivity index (χ1) is 13.9. The first-order valence-corrected chi connectivity index (χ1v) is 10.2. The monoisotopic (exact) mass is 414 g/mol. The maximum atomic E-state index is 12.3. The molecule has 0 saturated heterocycles. The fourth-order valence-corrected chi connectivity index (χ4v) is 3.68. The fraction of sp³-hybridized carbons (Fsp3) is 0.381. The van der Waals surface area contributed by atoms with Crippen molar-refractivity contribution >= 4 is 34.8 Å². The number of furan rings is 1. The van der Waals surface area contributed by atoms with Crippen LogP contribution in [0.25, 0.3) is 0 Å². The molecule has 1 aromatic heterocycles. The number of hydrazine groups is 1. The zero-order valence-electron chi connectivity index (χ0n) is 16.5. The minimum absolute atomic E-state index is 0.221. The molecular weight excluding hydrogens is 388 g/mol. The number of thiocarbonyl (C=S) groups is 1. The second-order valence-electron chi connectivity index (χ2n) is 7.44. The molecule has 0 bridgehead atoms. The van der Waals surface area contributed by atoms with Crippen LogP contribution in [0, 0.1) is 11.8 Å². The summed E-state index contributed by atoms with van der Waals surface area (Å²) in [4.78, 5) is 24.3. The van der Waals surface area contributed by atoms with Crippen LogP contribution in [0.1, 0.15) is 54.0 Å². The van der Waals surface area contributed by atoms with E-state index in [1.54, 1.807) is 36.4 Å². The van der Waals surface area contributed by atoms with Gasteiger partial charge in [-0.3, -0.25) is 20.4 Å². The predicted molar refractivity (Wildman–Crippen MR) is 115 cm³/mol. The molecule has 3 rings (SSSR count). The second kappa shape index (κ2) is 9.56. The van der Waals surface area contributed by atoms with E-state index in [1.807, 2.05) is 0 Å². The highest BCUT2D eigenvalue weighted by Gasteiger charge is 2.27. The van der Waals surface area contributed by atoms with Crippen molar-refractivity contribution in [2.75, 3.05) is 5.32 Å². The van der Waals surface area contributed by atoms with Crippen LogP contribution in [0.15, 0.2) is 47.1 Å². The van der Waals surface area contributed by atoms with Crippen molar-refractivity contribution in [1.82, 2.24) is 16.2 Å². The summed E-state index contributed by atoms with van der Waals surface area (Å²) in [7, 11) is 0. The summed E-state index contributed by atoms with van der Waals surface area (Å²) in [6.07, 6.45) is 4.94. The SMILES string of the molecule is C[C@@H]1[C@H](C)CCC[C@@H]1NC(=S)NNC(=O)c1ccc(NC(=O)c2ccco2)cc1. The third kappa shape index (κ3) is 5.57. The smallest absolute Gasteiger partial charge is 0.291 e. The van der Waals surface area contributed by atoms with Crippen molar-refractivity contribution in [3.05, 3.63) is 54.0 Å². The summed E-state index contributed by atoms with van der Waals surface area (Å²) < 4.78 is 5.05. The van der Waals surface area contributed by atoms with E-state index in [9.17, 15) is 9.59 Å². The molecule has 4 N–H and O–H groups in total. The normalized spacial score (nSPS) is 21.1. The van der Waals surface area contributed by atoms with Crippen LogP contribution in [-0.4, -0.2) is 23.0 Å².